The Labute approximate surface area is 158 Å². The molecule has 1 fully saturated rings. The number of carbonyl (C=O) groups excluding carboxylic acids is 2. The molecule has 2 aromatic rings. The maximum atomic E-state index is 12.2. The summed E-state index contributed by atoms with van der Waals surface area (Å²) >= 11 is 0. The first-order chi connectivity index (χ1) is 13.0. The van der Waals surface area contributed by atoms with Crippen LogP contribution in [0.3, 0.4) is 0 Å². The fraction of sp³-hybridized carbons (Fsp3) is 0.381. The van der Waals surface area contributed by atoms with E-state index in [0.29, 0.717) is 29.7 Å². The highest BCUT2D eigenvalue weighted by molar-refractivity contribution is 5.94. The van der Waals surface area contributed by atoms with Crippen molar-refractivity contribution in [2.75, 3.05) is 6.61 Å². The number of hydrogen-bond donors (Lipinski definition) is 1. The van der Waals surface area contributed by atoms with E-state index < -0.39 is 6.10 Å². The molecular weight excluding hydrogens is 344 g/mol. The number of nitrogens with zero attached hydrogens (tertiary/aromatic N) is 1. The summed E-state index contributed by atoms with van der Waals surface area (Å²) in [6.07, 6.45) is 3.50. The zero-order chi connectivity index (χ0) is 19.2. The molecule has 1 atom stereocenters. The molecule has 0 aliphatic heterocycles. The van der Waals surface area contributed by atoms with Gasteiger partial charge >= 0.3 is 0 Å². The quantitative estimate of drug-likeness (QED) is 0.688. The van der Waals surface area contributed by atoms with Crippen molar-refractivity contribution in [3.05, 3.63) is 53.7 Å². The van der Waals surface area contributed by atoms with Gasteiger partial charge in [-0.05, 0) is 50.3 Å². The first kappa shape index (κ1) is 18.9. The molecule has 1 N–H and O–H groups in total. The van der Waals surface area contributed by atoms with Crippen LogP contribution in [0.4, 0.5) is 0 Å². The fourth-order valence-corrected chi connectivity index (χ4v) is 2.47. The lowest BCUT2D eigenvalue weighted by atomic mass is 10.1. The molecule has 6 heteroatoms. The lowest BCUT2D eigenvalue weighted by Gasteiger charge is -2.15. The van der Waals surface area contributed by atoms with Gasteiger partial charge in [0.25, 0.3) is 5.91 Å². The van der Waals surface area contributed by atoms with Crippen molar-refractivity contribution < 1.29 is 19.1 Å². The van der Waals surface area contributed by atoms with E-state index >= 15 is 0 Å². The Morgan fingerprint density at radius 1 is 1.26 bits per heavy atom. The van der Waals surface area contributed by atoms with Gasteiger partial charge in [-0.15, -0.1) is 0 Å². The minimum Gasteiger partial charge on any atom is -0.481 e. The largest absolute Gasteiger partial charge is 0.481 e. The van der Waals surface area contributed by atoms with Crippen molar-refractivity contribution in [2.24, 2.45) is 5.92 Å². The molecule has 1 heterocycles. The molecule has 0 bridgehead atoms. The molecule has 0 unspecified atom stereocenters. The highest BCUT2D eigenvalue weighted by Gasteiger charge is 2.22. The van der Waals surface area contributed by atoms with Crippen molar-refractivity contribution in [1.29, 1.82) is 0 Å². The first-order valence-electron chi connectivity index (χ1n) is 9.14. The average Bonchev–Trinajstić information content (AvgIpc) is 3.50. The van der Waals surface area contributed by atoms with Crippen LogP contribution < -0.4 is 14.8 Å². The third-order valence-electron chi connectivity index (χ3n) is 4.35. The highest BCUT2D eigenvalue weighted by Crippen LogP contribution is 2.29. The topological polar surface area (TPSA) is 77.5 Å². The van der Waals surface area contributed by atoms with E-state index in [1.807, 2.05) is 12.1 Å². The fourth-order valence-electron chi connectivity index (χ4n) is 2.47. The zero-order valence-electron chi connectivity index (χ0n) is 15.6. The Morgan fingerprint density at radius 2 is 2.07 bits per heavy atom. The Bertz CT molecular complexity index is 800. The minimum absolute atomic E-state index is 0.0467. The highest BCUT2D eigenvalue weighted by atomic mass is 16.5. The molecule has 1 saturated carbocycles. The second-order valence-corrected chi connectivity index (χ2v) is 6.82. The van der Waals surface area contributed by atoms with Gasteiger partial charge in [0.05, 0.1) is 6.61 Å². The third kappa shape index (κ3) is 5.81. The number of hydrogen-bond acceptors (Lipinski definition) is 5. The van der Waals surface area contributed by atoms with Crippen LogP contribution in [0.15, 0.2) is 42.6 Å². The molecule has 0 radical (unpaired) electrons. The normalized spacial score (nSPS) is 14.3. The monoisotopic (exact) mass is 368 g/mol. The second-order valence-electron chi connectivity index (χ2n) is 6.82. The van der Waals surface area contributed by atoms with Crippen LogP contribution in [0, 0.1) is 5.92 Å². The maximum Gasteiger partial charge on any atom is 0.261 e. The summed E-state index contributed by atoms with van der Waals surface area (Å²) in [6.45, 7) is 4.24. The van der Waals surface area contributed by atoms with Crippen LogP contribution in [0.1, 0.15) is 42.6 Å². The van der Waals surface area contributed by atoms with Crippen molar-refractivity contribution >= 4 is 11.7 Å². The second kappa shape index (κ2) is 8.66. The molecule has 3 rings (SSSR count). The molecule has 1 aromatic carbocycles. The number of ether oxygens (including phenoxy) is 2. The standard InChI is InChI=1S/C21H24N2O4/c1-14(24)18-4-3-5-19(10-18)27-15(2)21(25)23-12-17-8-9-20(22-11-17)26-13-16-6-7-16/h3-5,8-11,15-16H,6-7,12-13H2,1-2H3,(H,23,25)/t15-/m1/s1. The molecule has 0 saturated heterocycles. The van der Waals surface area contributed by atoms with Gasteiger partial charge in [0.15, 0.2) is 11.9 Å². The lowest BCUT2D eigenvalue weighted by molar-refractivity contribution is -0.127. The number of pyridine rings is 1. The smallest absolute Gasteiger partial charge is 0.261 e. The van der Waals surface area contributed by atoms with Crippen molar-refractivity contribution in [3.8, 4) is 11.6 Å². The molecule has 1 aliphatic carbocycles. The molecule has 0 spiro atoms. The van der Waals surface area contributed by atoms with E-state index in [-0.39, 0.29) is 11.7 Å². The Morgan fingerprint density at radius 3 is 2.74 bits per heavy atom. The van der Waals surface area contributed by atoms with Gasteiger partial charge in [0.2, 0.25) is 5.88 Å². The number of nitrogens with one attached hydrogen (secondary N) is 1. The number of carbonyl (C=O) groups is 2. The number of benzene rings is 1. The number of rotatable bonds is 9. The minimum atomic E-state index is -0.679. The predicted octanol–water partition coefficient (Wildman–Crippen LogP) is 3.16. The van der Waals surface area contributed by atoms with Gasteiger partial charge < -0.3 is 14.8 Å². The van der Waals surface area contributed by atoms with Crippen molar-refractivity contribution in [3.63, 3.8) is 0 Å². The molecular formula is C21H24N2O4. The molecule has 27 heavy (non-hydrogen) atoms. The van der Waals surface area contributed by atoms with Gasteiger partial charge in [-0.1, -0.05) is 18.2 Å². The number of ketones is 1. The SMILES string of the molecule is CC(=O)c1cccc(O[C@H](C)C(=O)NCc2ccc(OCC3CC3)nc2)c1. The number of Topliss-reactive ketones (excluding diaryl/α,β-unsaturated/α-hetero) is 1. The predicted molar refractivity (Wildman–Crippen MR) is 101 cm³/mol. The number of amides is 1. The van der Waals surface area contributed by atoms with E-state index in [0.717, 1.165) is 12.2 Å². The maximum absolute atomic E-state index is 12.2. The van der Waals surface area contributed by atoms with Gasteiger partial charge in [0, 0.05) is 24.4 Å². The van der Waals surface area contributed by atoms with E-state index in [2.05, 4.69) is 10.3 Å². The Hall–Kier alpha value is -2.89. The van der Waals surface area contributed by atoms with Gasteiger partial charge in [-0.25, -0.2) is 4.98 Å². The summed E-state index contributed by atoms with van der Waals surface area (Å²) in [6, 6.07) is 10.5. The first-order valence-corrected chi connectivity index (χ1v) is 9.14. The summed E-state index contributed by atoms with van der Waals surface area (Å²) in [4.78, 5) is 27.9. The lowest BCUT2D eigenvalue weighted by Crippen LogP contribution is -2.35. The average molecular weight is 368 g/mol. The van der Waals surface area contributed by atoms with E-state index in [4.69, 9.17) is 9.47 Å². The Balaban J connectivity index is 1.46. The van der Waals surface area contributed by atoms with Crippen molar-refractivity contribution in [1.82, 2.24) is 10.3 Å². The summed E-state index contributed by atoms with van der Waals surface area (Å²) in [5.74, 6) is 1.50. The molecule has 6 nitrogen and oxygen atoms in total. The summed E-state index contributed by atoms with van der Waals surface area (Å²) < 4.78 is 11.2. The van der Waals surface area contributed by atoms with Gasteiger partial charge in [0.1, 0.15) is 5.75 Å². The van der Waals surface area contributed by atoms with E-state index in [1.54, 1.807) is 37.4 Å². The van der Waals surface area contributed by atoms with Crippen LogP contribution in [-0.2, 0) is 11.3 Å². The van der Waals surface area contributed by atoms with Crippen LogP contribution in [-0.4, -0.2) is 29.4 Å². The van der Waals surface area contributed by atoms with Gasteiger partial charge in [-0.2, -0.15) is 0 Å². The summed E-state index contributed by atoms with van der Waals surface area (Å²) in [7, 11) is 0. The number of aromatic nitrogens is 1. The van der Waals surface area contributed by atoms with E-state index in [9.17, 15) is 9.59 Å². The molecule has 1 amide bonds. The van der Waals surface area contributed by atoms with Crippen LogP contribution in [0.5, 0.6) is 11.6 Å². The Kier molecular flexibility index (Phi) is 6.06. The molecule has 1 aliphatic rings. The summed E-state index contributed by atoms with van der Waals surface area (Å²) in [5, 5.41) is 2.82. The van der Waals surface area contributed by atoms with Gasteiger partial charge in [-0.3, -0.25) is 9.59 Å². The molecule has 1 aromatic heterocycles. The zero-order valence-corrected chi connectivity index (χ0v) is 15.6. The van der Waals surface area contributed by atoms with Crippen LogP contribution in [0.25, 0.3) is 0 Å². The van der Waals surface area contributed by atoms with Crippen LogP contribution in [0.2, 0.25) is 0 Å². The summed E-state index contributed by atoms with van der Waals surface area (Å²) in [5.41, 5.74) is 1.43. The third-order valence-corrected chi connectivity index (χ3v) is 4.35. The van der Waals surface area contributed by atoms with Crippen LogP contribution >= 0.6 is 0 Å². The molecule has 142 valence electrons. The van der Waals surface area contributed by atoms with E-state index in [1.165, 1.54) is 19.8 Å². The van der Waals surface area contributed by atoms with Crippen molar-refractivity contribution in [2.45, 2.75) is 39.3 Å².